The minimum atomic E-state index is -1.85. The molecule has 0 aromatic heterocycles. The number of carbonyl (C=O) groups is 3. The van der Waals surface area contributed by atoms with E-state index in [-0.39, 0.29) is 34.6 Å². The zero-order valence-corrected chi connectivity index (χ0v) is 16.7. The Kier molecular flexibility index (Phi) is 4.98. The normalized spacial score (nSPS) is 30.2. The summed E-state index contributed by atoms with van der Waals surface area (Å²) < 4.78 is 10.8. The Morgan fingerprint density at radius 1 is 1.25 bits per heavy atom. The largest absolute Gasteiger partial charge is 0.467 e. The van der Waals surface area contributed by atoms with Crippen LogP contribution in [0, 0.1) is 11.8 Å². The third kappa shape index (κ3) is 2.92. The number of methoxy groups -OCH3 is 1. The van der Waals surface area contributed by atoms with E-state index in [1.54, 1.807) is 6.92 Å². The van der Waals surface area contributed by atoms with Gasteiger partial charge in [0.25, 0.3) is 0 Å². The van der Waals surface area contributed by atoms with Gasteiger partial charge < -0.3 is 14.1 Å². The fourth-order valence-electron chi connectivity index (χ4n) is 3.33. The summed E-state index contributed by atoms with van der Waals surface area (Å²) in [6.45, 7) is 13.2. The van der Waals surface area contributed by atoms with Gasteiger partial charge in [-0.15, -0.1) is 0 Å². The van der Waals surface area contributed by atoms with Gasteiger partial charge in [-0.1, -0.05) is 27.7 Å². The number of β-lactam (4-membered cyclic amide) rings is 1. The lowest BCUT2D eigenvalue weighted by Crippen LogP contribution is -2.63. The van der Waals surface area contributed by atoms with E-state index in [0.717, 1.165) is 0 Å². The number of ether oxygens (including phenoxy) is 1. The maximum absolute atomic E-state index is 12.4. The Balaban J connectivity index is 2.00. The monoisotopic (exact) mass is 355 g/mol. The molecule has 2 fully saturated rings. The van der Waals surface area contributed by atoms with Crippen LogP contribution in [0.1, 0.15) is 34.1 Å². The molecule has 0 N–H and O–H groups in total. The molecule has 4 atom stereocenters. The van der Waals surface area contributed by atoms with Gasteiger partial charge in [0, 0.05) is 12.5 Å². The lowest BCUT2D eigenvalue weighted by Gasteiger charge is -2.45. The predicted octanol–water partition coefficient (Wildman–Crippen LogP) is 1.99. The third-order valence-electron chi connectivity index (χ3n) is 5.94. The smallest absolute Gasteiger partial charge is 0.336 e. The van der Waals surface area contributed by atoms with Crippen LogP contribution in [-0.4, -0.2) is 56.7 Å². The number of rotatable bonds is 5. The molecule has 24 heavy (non-hydrogen) atoms. The molecule has 2 aliphatic rings. The van der Waals surface area contributed by atoms with E-state index in [0.29, 0.717) is 13.0 Å². The fourth-order valence-corrected chi connectivity index (χ4v) is 4.39. The predicted molar refractivity (Wildman–Crippen MR) is 91.9 cm³/mol. The molecule has 0 radical (unpaired) electrons. The van der Waals surface area contributed by atoms with Gasteiger partial charge in [-0.2, -0.15) is 0 Å². The van der Waals surface area contributed by atoms with Gasteiger partial charge in [0.1, 0.15) is 0 Å². The van der Waals surface area contributed by atoms with E-state index in [1.165, 1.54) is 12.0 Å². The number of fused-ring (bicyclic) bond motifs is 1. The fraction of sp³-hybridized carbons (Fsp3) is 0.824. The topological polar surface area (TPSA) is 72.9 Å². The Hall–Kier alpha value is -1.21. The molecule has 2 rings (SSSR count). The number of hydrogen-bond acceptors (Lipinski definition) is 5. The van der Waals surface area contributed by atoms with Crippen molar-refractivity contribution in [3.05, 3.63) is 0 Å². The van der Waals surface area contributed by atoms with Crippen LogP contribution in [0.5, 0.6) is 0 Å². The van der Waals surface area contributed by atoms with Crippen LogP contribution >= 0.6 is 0 Å². The lowest BCUT2D eigenvalue weighted by atomic mass is 9.81. The van der Waals surface area contributed by atoms with Crippen molar-refractivity contribution in [3.63, 3.8) is 0 Å². The second-order valence-corrected chi connectivity index (χ2v) is 13.2. The molecule has 136 valence electrons. The number of nitrogens with zero attached hydrogens (tertiary/aromatic N) is 1. The second-order valence-electron chi connectivity index (χ2n) is 8.36. The van der Waals surface area contributed by atoms with E-state index >= 15 is 0 Å². The molecule has 0 aromatic rings. The maximum atomic E-state index is 12.4. The van der Waals surface area contributed by atoms with Crippen LogP contribution in [-0.2, 0) is 23.5 Å². The average Bonchev–Trinajstić information content (AvgIpc) is 2.71. The number of carbonyl (C=O) groups excluding carboxylic acids is 3. The Morgan fingerprint density at radius 2 is 1.83 bits per heavy atom. The Labute approximate surface area is 145 Å². The summed E-state index contributed by atoms with van der Waals surface area (Å²) in [7, 11) is -0.611. The van der Waals surface area contributed by atoms with Crippen molar-refractivity contribution in [1.82, 2.24) is 4.90 Å². The SMILES string of the molecule is COC(=O)C1C(=O)[C@@H](C)[C@@H]2[C@H](CCO[Si](C)(C)C(C)(C)C)C(=O)N12. The Morgan fingerprint density at radius 3 is 2.33 bits per heavy atom. The van der Waals surface area contributed by atoms with Crippen molar-refractivity contribution in [2.75, 3.05) is 13.7 Å². The summed E-state index contributed by atoms with van der Waals surface area (Å²) in [5, 5.41) is 0.120. The number of hydrogen-bond donors (Lipinski definition) is 0. The van der Waals surface area contributed by atoms with Crippen molar-refractivity contribution in [1.29, 1.82) is 0 Å². The third-order valence-corrected chi connectivity index (χ3v) is 10.5. The van der Waals surface area contributed by atoms with Crippen molar-refractivity contribution >= 4 is 26.0 Å². The van der Waals surface area contributed by atoms with Crippen LogP contribution < -0.4 is 0 Å². The second kappa shape index (κ2) is 6.26. The van der Waals surface area contributed by atoms with Crippen molar-refractivity contribution in [2.24, 2.45) is 11.8 Å². The zero-order chi connectivity index (χ0) is 18.4. The van der Waals surface area contributed by atoms with E-state index in [9.17, 15) is 14.4 Å². The summed E-state index contributed by atoms with van der Waals surface area (Å²) in [4.78, 5) is 38.0. The quantitative estimate of drug-likeness (QED) is 0.326. The van der Waals surface area contributed by atoms with Crippen molar-refractivity contribution in [2.45, 2.75) is 64.3 Å². The van der Waals surface area contributed by atoms with E-state index in [1.807, 2.05) is 0 Å². The number of Topliss-reactive ketones (excluding diaryl/α,β-unsaturated/α-hetero) is 1. The summed E-state index contributed by atoms with van der Waals surface area (Å²) in [5.74, 6) is -1.55. The standard InChI is InChI=1S/C17H29NO5Si/c1-10-12-11(8-9-23-24(6,7)17(2,3)4)15(20)18(12)13(14(10)19)16(21)22-5/h10-13H,8-9H2,1-7H3/t10-,11-,12+,13?/m0/s1. The molecule has 2 aliphatic heterocycles. The van der Waals surface area contributed by atoms with Gasteiger partial charge in [0.05, 0.1) is 19.1 Å². The van der Waals surface area contributed by atoms with Gasteiger partial charge in [-0.25, -0.2) is 4.79 Å². The van der Waals surface area contributed by atoms with E-state index in [2.05, 4.69) is 38.6 Å². The van der Waals surface area contributed by atoms with Crippen LogP contribution in [0.3, 0.4) is 0 Å². The Bertz CT molecular complexity index is 554. The first kappa shape index (κ1) is 19.1. The molecule has 0 bridgehead atoms. The van der Waals surface area contributed by atoms with Crippen LogP contribution in [0.25, 0.3) is 0 Å². The zero-order valence-electron chi connectivity index (χ0n) is 15.7. The molecule has 2 saturated heterocycles. The van der Waals surface area contributed by atoms with E-state index < -0.39 is 20.3 Å². The first-order valence-corrected chi connectivity index (χ1v) is 11.4. The molecule has 1 amide bonds. The first-order chi connectivity index (χ1) is 10.9. The molecule has 7 heteroatoms. The van der Waals surface area contributed by atoms with Gasteiger partial charge in [-0.3, -0.25) is 9.59 Å². The summed E-state index contributed by atoms with van der Waals surface area (Å²) in [6.07, 6.45) is 0.595. The minimum absolute atomic E-state index is 0.120. The molecule has 0 spiro atoms. The minimum Gasteiger partial charge on any atom is -0.467 e. The molecule has 0 saturated carbocycles. The maximum Gasteiger partial charge on any atom is 0.336 e. The molecule has 6 nitrogen and oxygen atoms in total. The summed E-state index contributed by atoms with van der Waals surface area (Å²) in [6, 6.07) is -1.25. The first-order valence-electron chi connectivity index (χ1n) is 8.51. The number of esters is 1. The highest BCUT2D eigenvalue weighted by Crippen LogP contribution is 2.43. The molecule has 1 unspecified atom stereocenters. The molecular weight excluding hydrogens is 326 g/mol. The summed E-state index contributed by atoms with van der Waals surface area (Å²) in [5.41, 5.74) is 0. The lowest BCUT2D eigenvalue weighted by molar-refractivity contribution is -0.167. The molecule has 2 heterocycles. The number of amides is 1. The van der Waals surface area contributed by atoms with Gasteiger partial charge in [0.15, 0.2) is 20.1 Å². The van der Waals surface area contributed by atoms with Gasteiger partial charge >= 0.3 is 5.97 Å². The summed E-state index contributed by atoms with van der Waals surface area (Å²) >= 11 is 0. The van der Waals surface area contributed by atoms with Crippen LogP contribution in [0.2, 0.25) is 18.1 Å². The number of ketones is 1. The highest BCUT2D eigenvalue weighted by atomic mass is 28.4. The molecule has 0 aliphatic carbocycles. The van der Waals surface area contributed by atoms with Crippen LogP contribution in [0.4, 0.5) is 0 Å². The van der Waals surface area contributed by atoms with Crippen molar-refractivity contribution < 1.29 is 23.5 Å². The highest BCUT2D eigenvalue weighted by molar-refractivity contribution is 6.74. The van der Waals surface area contributed by atoms with Crippen molar-refractivity contribution in [3.8, 4) is 0 Å². The molecule has 0 aromatic carbocycles. The average molecular weight is 356 g/mol. The van der Waals surface area contributed by atoms with Gasteiger partial charge in [-0.05, 0) is 24.6 Å². The van der Waals surface area contributed by atoms with Gasteiger partial charge in [0.2, 0.25) is 5.91 Å². The highest BCUT2D eigenvalue weighted by Gasteiger charge is 2.63. The van der Waals surface area contributed by atoms with E-state index in [4.69, 9.17) is 4.43 Å². The van der Waals surface area contributed by atoms with Crippen LogP contribution in [0.15, 0.2) is 0 Å². The molecular formula is C17H29NO5Si.